The molecule has 2 N–H and O–H groups in total. The molecule has 2 heterocycles. The van der Waals surface area contributed by atoms with Gasteiger partial charge >= 0.3 is 0 Å². The maximum absolute atomic E-state index is 12.5. The number of hydrogen-bond donors (Lipinski definition) is 2. The molecular weight excluding hydrogens is 380 g/mol. The Labute approximate surface area is 180 Å². The molecule has 7 heteroatoms. The monoisotopic (exact) mass is 416 g/mol. The average molecular weight is 417 g/mol. The molecule has 1 aromatic rings. The third kappa shape index (κ3) is 6.99. The lowest BCUT2D eigenvalue weighted by molar-refractivity contribution is 0.0625. The van der Waals surface area contributed by atoms with Crippen molar-refractivity contribution < 1.29 is 14.3 Å². The van der Waals surface area contributed by atoms with Gasteiger partial charge in [-0.15, -0.1) is 0 Å². The van der Waals surface area contributed by atoms with Gasteiger partial charge in [-0.25, -0.2) is 0 Å². The van der Waals surface area contributed by atoms with Crippen LogP contribution in [0.25, 0.3) is 0 Å². The zero-order valence-corrected chi connectivity index (χ0v) is 18.4. The average Bonchev–Trinajstić information content (AvgIpc) is 3.31. The third-order valence-electron chi connectivity index (χ3n) is 5.94. The van der Waals surface area contributed by atoms with Crippen molar-refractivity contribution in [3.05, 3.63) is 35.4 Å². The Morgan fingerprint density at radius 3 is 2.77 bits per heavy atom. The fourth-order valence-corrected chi connectivity index (χ4v) is 4.02. The molecule has 30 heavy (non-hydrogen) atoms. The van der Waals surface area contributed by atoms with Gasteiger partial charge in [0.05, 0.1) is 6.10 Å². The minimum atomic E-state index is -0.0506. The molecule has 0 bridgehead atoms. The molecule has 3 rings (SSSR count). The second-order valence-corrected chi connectivity index (χ2v) is 8.21. The van der Waals surface area contributed by atoms with Gasteiger partial charge in [-0.05, 0) is 55.7 Å². The van der Waals surface area contributed by atoms with Crippen LogP contribution in [0.5, 0.6) is 0 Å². The van der Waals surface area contributed by atoms with Crippen molar-refractivity contribution in [1.82, 2.24) is 15.5 Å². The van der Waals surface area contributed by atoms with Crippen molar-refractivity contribution in [3.8, 4) is 0 Å². The van der Waals surface area contributed by atoms with E-state index in [1.165, 1.54) is 0 Å². The van der Waals surface area contributed by atoms with Gasteiger partial charge < -0.3 is 25.0 Å². The quantitative estimate of drug-likeness (QED) is 0.503. The zero-order valence-electron chi connectivity index (χ0n) is 18.4. The summed E-state index contributed by atoms with van der Waals surface area (Å²) in [7, 11) is 3.88. The minimum absolute atomic E-state index is 0.0506. The number of carbonyl (C=O) groups is 1. The molecule has 1 amide bonds. The highest BCUT2D eigenvalue weighted by atomic mass is 16.5. The Morgan fingerprint density at radius 2 is 2.03 bits per heavy atom. The smallest absolute Gasteiger partial charge is 0.251 e. The number of amides is 1. The maximum atomic E-state index is 12.5. The molecule has 1 atom stereocenters. The van der Waals surface area contributed by atoms with Gasteiger partial charge in [0.15, 0.2) is 5.96 Å². The molecule has 2 fully saturated rings. The van der Waals surface area contributed by atoms with Crippen molar-refractivity contribution in [3.63, 3.8) is 0 Å². The Bertz CT molecular complexity index is 697. The highest BCUT2D eigenvalue weighted by molar-refractivity contribution is 5.94. The van der Waals surface area contributed by atoms with E-state index in [0.29, 0.717) is 18.7 Å². The fraction of sp³-hybridized carbons (Fsp3) is 0.652. The molecule has 0 aliphatic carbocycles. The summed E-state index contributed by atoms with van der Waals surface area (Å²) in [5.41, 5.74) is 1.73. The van der Waals surface area contributed by atoms with Crippen LogP contribution >= 0.6 is 0 Å². The summed E-state index contributed by atoms with van der Waals surface area (Å²) in [5, 5.41) is 6.40. The Hall–Kier alpha value is -2.12. The largest absolute Gasteiger partial charge is 0.381 e. The van der Waals surface area contributed by atoms with Crippen molar-refractivity contribution in [1.29, 1.82) is 0 Å². The van der Waals surface area contributed by atoms with Crippen LogP contribution in [-0.2, 0) is 16.0 Å². The van der Waals surface area contributed by atoms with E-state index in [4.69, 9.17) is 9.47 Å². The Balaban J connectivity index is 1.45. The van der Waals surface area contributed by atoms with Crippen LogP contribution < -0.4 is 10.6 Å². The summed E-state index contributed by atoms with van der Waals surface area (Å²) < 4.78 is 11.0. The summed E-state index contributed by atoms with van der Waals surface area (Å²) in [5.74, 6) is 1.56. The van der Waals surface area contributed by atoms with Gasteiger partial charge in [-0.2, -0.15) is 0 Å². The van der Waals surface area contributed by atoms with Gasteiger partial charge in [-0.1, -0.05) is 12.1 Å². The molecule has 0 saturated carbocycles. The van der Waals surface area contributed by atoms with E-state index in [1.807, 2.05) is 31.3 Å². The summed E-state index contributed by atoms with van der Waals surface area (Å²) in [6, 6.07) is 7.74. The number of ether oxygens (including phenoxy) is 2. The van der Waals surface area contributed by atoms with Gasteiger partial charge in [0.2, 0.25) is 0 Å². The number of benzene rings is 1. The van der Waals surface area contributed by atoms with Crippen molar-refractivity contribution in [2.24, 2.45) is 10.9 Å². The van der Waals surface area contributed by atoms with Crippen LogP contribution in [0.2, 0.25) is 0 Å². The lowest BCUT2D eigenvalue weighted by atomic mass is 9.96. The number of aliphatic imine (C=N–C) groups is 1. The normalized spacial score (nSPS) is 20.2. The summed E-state index contributed by atoms with van der Waals surface area (Å²) >= 11 is 0. The van der Waals surface area contributed by atoms with E-state index in [0.717, 1.165) is 75.9 Å². The number of hydrogen-bond acceptors (Lipinski definition) is 4. The van der Waals surface area contributed by atoms with Crippen molar-refractivity contribution in [2.75, 3.05) is 47.0 Å². The van der Waals surface area contributed by atoms with E-state index in [2.05, 4.69) is 27.6 Å². The SMILES string of the molecule is CN=C(NCc1cccc(C(=O)NCC2CCCO2)c1)N(C)CCC1CCOCC1. The highest BCUT2D eigenvalue weighted by Gasteiger charge is 2.17. The second-order valence-electron chi connectivity index (χ2n) is 8.21. The summed E-state index contributed by atoms with van der Waals surface area (Å²) in [6.45, 7) is 4.74. The lowest BCUT2D eigenvalue weighted by Gasteiger charge is -2.26. The highest BCUT2D eigenvalue weighted by Crippen LogP contribution is 2.18. The van der Waals surface area contributed by atoms with Crippen LogP contribution in [0, 0.1) is 5.92 Å². The zero-order chi connectivity index (χ0) is 21.2. The van der Waals surface area contributed by atoms with Crippen LogP contribution in [0.15, 0.2) is 29.3 Å². The summed E-state index contributed by atoms with van der Waals surface area (Å²) in [4.78, 5) is 19.0. The molecule has 2 saturated heterocycles. The van der Waals surface area contributed by atoms with Crippen molar-refractivity contribution in [2.45, 2.75) is 44.8 Å². The topological polar surface area (TPSA) is 75.2 Å². The van der Waals surface area contributed by atoms with Crippen LogP contribution in [0.3, 0.4) is 0 Å². The molecule has 2 aliphatic rings. The molecule has 0 spiro atoms. The van der Waals surface area contributed by atoms with E-state index in [-0.39, 0.29) is 12.0 Å². The van der Waals surface area contributed by atoms with E-state index >= 15 is 0 Å². The van der Waals surface area contributed by atoms with E-state index in [9.17, 15) is 4.79 Å². The Morgan fingerprint density at radius 1 is 1.20 bits per heavy atom. The molecule has 0 radical (unpaired) electrons. The first-order valence-electron chi connectivity index (χ1n) is 11.1. The van der Waals surface area contributed by atoms with Crippen LogP contribution in [-0.4, -0.2) is 69.9 Å². The molecule has 1 aromatic carbocycles. The van der Waals surface area contributed by atoms with Crippen LogP contribution in [0.4, 0.5) is 0 Å². The minimum Gasteiger partial charge on any atom is -0.381 e. The fourth-order valence-electron chi connectivity index (χ4n) is 4.02. The predicted molar refractivity (Wildman–Crippen MR) is 119 cm³/mol. The Kier molecular flexibility index (Phi) is 8.96. The van der Waals surface area contributed by atoms with Gasteiger partial charge in [0.1, 0.15) is 0 Å². The van der Waals surface area contributed by atoms with E-state index in [1.54, 1.807) is 0 Å². The summed E-state index contributed by atoms with van der Waals surface area (Å²) in [6.07, 6.45) is 5.71. The third-order valence-corrected chi connectivity index (χ3v) is 5.94. The van der Waals surface area contributed by atoms with E-state index < -0.39 is 0 Å². The van der Waals surface area contributed by atoms with Crippen molar-refractivity contribution >= 4 is 11.9 Å². The molecule has 7 nitrogen and oxygen atoms in total. The molecular formula is C23H36N4O3. The molecule has 2 aliphatic heterocycles. The van der Waals surface area contributed by atoms with Gasteiger partial charge in [0.25, 0.3) is 5.91 Å². The molecule has 166 valence electrons. The van der Waals surface area contributed by atoms with Gasteiger partial charge in [-0.3, -0.25) is 9.79 Å². The molecule has 1 unspecified atom stereocenters. The number of rotatable bonds is 8. The predicted octanol–water partition coefficient (Wildman–Crippen LogP) is 2.42. The second kappa shape index (κ2) is 11.9. The number of guanidine groups is 1. The molecule has 0 aromatic heterocycles. The maximum Gasteiger partial charge on any atom is 0.251 e. The first kappa shape index (κ1) is 22.6. The first-order chi connectivity index (χ1) is 14.7. The van der Waals surface area contributed by atoms with Gasteiger partial charge in [0, 0.05) is 59.1 Å². The number of nitrogens with one attached hydrogen (secondary N) is 2. The first-order valence-corrected chi connectivity index (χ1v) is 11.1. The number of carbonyl (C=O) groups excluding carboxylic acids is 1. The standard InChI is InChI=1S/C23H36N4O3/c1-24-23(27(2)11-8-18-9-13-29-14-10-18)26-16-19-5-3-6-20(15-19)22(28)25-17-21-7-4-12-30-21/h3,5-6,15,18,21H,4,7-14,16-17H2,1-2H3,(H,24,26)(H,25,28). The van der Waals surface area contributed by atoms with Crippen LogP contribution in [0.1, 0.15) is 48.0 Å². The number of nitrogens with zero attached hydrogens (tertiary/aromatic N) is 2. The lowest BCUT2D eigenvalue weighted by Crippen LogP contribution is -2.39.